The lowest BCUT2D eigenvalue weighted by molar-refractivity contribution is -0.143. The summed E-state index contributed by atoms with van der Waals surface area (Å²) in [5, 5.41) is 38.9. The van der Waals surface area contributed by atoms with Crippen molar-refractivity contribution in [2.75, 3.05) is 30.6 Å². The van der Waals surface area contributed by atoms with Crippen LogP contribution in [0.2, 0.25) is 0 Å². The number of rotatable bonds is 39. The minimum atomic E-state index is -2.01. The van der Waals surface area contributed by atoms with Crippen LogP contribution in [0.4, 0.5) is 0 Å². The lowest BCUT2D eigenvalue weighted by Crippen LogP contribution is -2.61. The second-order valence-electron chi connectivity index (χ2n) is 19.1. The highest BCUT2D eigenvalue weighted by Gasteiger charge is 2.36. The number of carbonyl (C=O) groups excluding carboxylic acids is 10. The highest BCUT2D eigenvalue weighted by atomic mass is 32.2. The summed E-state index contributed by atoms with van der Waals surface area (Å²) >= 11 is 2.60. The molecule has 0 unspecified atom stereocenters. The van der Waals surface area contributed by atoms with Crippen LogP contribution in [-0.2, 0) is 57.5 Å². The largest absolute Gasteiger partial charge is 0.481 e. The molecule has 30 heteroatoms. The number of nitrogens with two attached hydrogens (primary N) is 5. The fourth-order valence-electron chi connectivity index (χ4n) is 7.00. The van der Waals surface area contributed by atoms with E-state index < -0.39 is 151 Å². The van der Waals surface area contributed by atoms with Crippen LogP contribution in [0.5, 0.6) is 0 Å². The quantitative estimate of drug-likeness (QED) is 0.0159. The Morgan fingerprint density at radius 3 is 1.18 bits per heavy atom. The fourth-order valence-corrected chi connectivity index (χ4v) is 7.95. The molecule has 0 radical (unpaired) electrons. The van der Waals surface area contributed by atoms with E-state index >= 15 is 0 Å². The summed E-state index contributed by atoms with van der Waals surface area (Å²) in [6, 6.07) is -13.1. The van der Waals surface area contributed by atoms with E-state index in [0.29, 0.717) is 5.75 Å². The standard InChI is InChI=1S/C46H82N14O14S2/c1-22(2)18-29(59-44(72)36(49)24(5)6)41(69)53-25(10-9-15-52-46(50)51)37(65)55-27(13-16-75-7)39(67)56-28(14-17-76-8)40(68)57-30(20-34(48)62)42(70)58-31(21-35(63)64)43(71)54-26(11-12-33(47)61)38(66)60-32(45(73)74)19-23(3)4/h22-32,36H,9-21,49H2,1-8H3,(H2,47,61)(H2,48,62)(H,53,69)(H,54,71)(H,55,65)(H,56,67)(H,57,68)(H,58,70)(H,59,72)(H,60,66)(H,63,64)(H,73,74)(H4,50,51,52)/t25-,26-,27-,28-,29-,30-,31-,32-,36-/m0/s1. The van der Waals surface area contributed by atoms with Gasteiger partial charge in [-0.15, -0.1) is 0 Å². The number of thioether (sulfide) groups is 2. The fraction of sp³-hybridized carbons (Fsp3) is 0.717. The lowest BCUT2D eigenvalue weighted by atomic mass is 10.00. The maximum Gasteiger partial charge on any atom is 0.326 e. The highest BCUT2D eigenvalue weighted by Crippen LogP contribution is 2.12. The van der Waals surface area contributed by atoms with Crippen LogP contribution >= 0.6 is 23.5 Å². The molecule has 0 bridgehead atoms. The molecule has 0 rings (SSSR count). The number of primary amides is 2. The summed E-state index contributed by atoms with van der Waals surface area (Å²) in [7, 11) is 0. The summed E-state index contributed by atoms with van der Waals surface area (Å²) in [6.45, 7) is 10.6. The van der Waals surface area contributed by atoms with Crippen LogP contribution in [0.3, 0.4) is 0 Å². The minimum Gasteiger partial charge on any atom is -0.481 e. The topological polar surface area (TPSA) is 484 Å². The Morgan fingerprint density at radius 1 is 0.461 bits per heavy atom. The number of nitrogens with zero attached hydrogens (tertiary/aromatic N) is 1. The molecule has 0 aliphatic heterocycles. The van der Waals surface area contributed by atoms with Crippen LogP contribution in [0.15, 0.2) is 4.99 Å². The van der Waals surface area contributed by atoms with Gasteiger partial charge in [-0.25, -0.2) is 4.79 Å². The Bertz CT molecular complexity index is 2030. The van der Waals surface area contributed by atoms with Crippen molar-refractivity contribution in [3.8, 4) is 0 Å². The molecule has 432 valence electrons. The number of aliphatic carboxylic acids is 2. The summed E-state index contributed by atoms with van der Waals surface area (Å²) in [6.07, 6.45) is 0.676. The molecule has 0 aromatic heterocycles. The average molecular weight is 1120 g/mol. The second kappa shape index (κ2) is 36.5. The molecule has 0 aliphatic carbocycles. The molecule has 10 amide bonds. The number of hydrogen-bond acceptors (Lipinski definition) is 16. The molecular formula is C46H82N14O14S2. The van der Waals surface area contributed by atoms with E-state index in [-0.39, 0.29) is 74.5 Å². The van der Waals surface area contributed by atoms with Gasteiger partial charge >= 0.3 is 11.9 Å². The van der Waals surface area contributed by atoms with E-state index in [2.05, 4.69) is 47.5 Å². The minimum absolute atomic E-state index is 0.00621. The monoisotopic (exact) mass is 1120 g/mol. The van der Waals surface area contributed by atoms with Gasteiger partial charge in [0.15, 0.2) is 5.96 Å². The summed E-state index contributed by atoms with van der Waals surface area (Å²) < 4.78 is 0. The highest BCUT2D eigenvalue weighted by molar-refractivity contribution is 7.98. The molecule has 0 saturated carbocycles. The van der Waals surface area contributed by atoms with E-state index in [1.165, 1.54) is 23.5 Å². The first-order valence-electron chi connectivity index (χ1n) is 24.7. The zero-order valence-corrected chi connectivity index (χ0v) is 46.2. The first-order valence-corrected chi connectivity index (χ1v) is 27.5. The molecule has 0 spiro atoms. The van der Waals surface area contributed by atoms with Crippen molar-refractivity contribution in [1.82, 2.24) is 42.5 Å². The summed E-state index contributed by atoms with van der Waals surface area (Å²) in [5.41, 5.74) is 27.7. The number of carboxylic acids is 2. The number of carbonyl (C=O) groups is 12. The van der Waals surface area contributed by atoms with Gasteiger partial charge in [0.05, 0.1) is 18.9 Å². The molecular weight excluding hydrogens is 1040 g/mol. The van der Waals surface area contributed by atoms with Crippen LogP contribution in [0, 0.1) is 17.8 Å². The number of hydrogen-bond donors (Lipinski definition) is 15. The van der Waals surface area contributed by atoms with E-state index in [4.69, 9.17) is 28.7 Å². The van der Waals surface area contributed by atoms with Crippen molar-refractivity contribution >= 4 is 100 Å². The second-order valence-corrected chi connectivity index (χ2v) is 21.1. The van der Waals surface area contributed by atoms with E-state index in [0.717, 1.165) is 0 Å². The Balaban J connectivity index is 6.83. The van der Waals surface area contributed by atoms with Crippen LogP contribution < -0.4 is 71.2 Å². The van der Waals surface area contributed by atoms with Gasteiger partial charge in [0.25, 0.3) is 0 Å². The zero-order chi connectivity index (χ0) is 58.4. The molecule has 0 aromatic carbocycles. The molecule has 9 atom stereocenters. The van der Waals surface area contributed by atoms with Crippen molar-refractivity contribution < 1.29 is 67.7 Å². The number of guanidine groups is 1. The zero-order valence-electron chi connectivity index (χ0n) is 44.6. The van der Waals surface area contributed by atoms with Crippen molar-refractivity contribution in [2.24, 2.45) is 51.4 Å². The van der Waals surface area contributed by atoms with Gasteiger partial charge in [0.1, 0.15) is 48.3 Å². The molecule has 0 heterocycles. The molecule has 0 aliphatic rings. The Kier molecular flexibility index (Phi) is 33.4. The molecule has 20 N–H and O–H groups in total. The predicted octanol–water partition coefficient (Wildman–Crippen LogP) is -3.80. The van der Waals surface area contributed by atoms with E-state index in [1.807, 2.05) is 13.8 Å². The Labute approximate surface area is 451 Å². The molecule has 0 saturated heterocycles. The van der Waals surface area contributed by atoms with Crippen molar-refractivity contribution in [3.63, 3.8) is 0 Å². The third-order valence-corrected chi connectivity index (χ3v) is 12.4. The number of carboxylic acid groups (broad SMARTS) is 2. The number of amides is 10. The van der Waals surface area contributed by atoms with Crippen LogP contribution in [-0.4, -0.2) is 172 Å². The van der Waals surface area contributed by atoms with Crippen molar-refractivity contribution in [2.45, 2.75) is 160 Å². The van der Waals surface area contributed by atoms with Crippen LogP contribution in [0.1, 0.15) is 106 Å². The number of aliphatic imine (C=N–C) groups is 1. The van der Waals surface area contributed by atoms with Crippen LogP contribution in [0.25, 0.3) is 0 Å². The third-order valence-electron chi connectivity index (χ3n) is 11.1. The Morgan fingerprint density at radius 2 is 0.816 bits per heavy atom. The van der Waals surface area contributed by atoms with Gasteiger partial charge in [-0.3, -0.25) is 57.7 Å². The SMILES string of the molecule is CSCC[C@H](NC(=O)[C@H](CCSC)NC(=O)[C@H](CCCN=C(N)N)NC(=O)[C@H](CC(C)C)NC(=O)[C@@H](N)C(C)C)C(=O)N[C@@H](CC(N)=O)C(=O)N[C@@H](CC(=O)O)C(=O)N[C@@H](CCC(N)=O)C(=O)N[C@@H](CC(C)C)C(=O)O. The summed E-state index contributed by atoms with van der Waals surface area (Å²) in [5.74, 6) is -13.0. The normalized spacial score (nSPS) is 14.7. The van der Waals surface area contributed by atoms with Gasteiger partial charge in [0.2, 0.25) is 59.1 Å². The van der Waals surface area contributed by atoms with Gasteiger partial charge in [0, 0.05) is 13.0 Å². The first kappa shape index (κ1) is 69.6. The molecule has 0 fully saturated rings. The van der Waals surface area contributed by atoms with E-state index in [9.17, 15) is 67.7 Å². The van der Waals surface area contributed by atoms with Gasteiger partial charge in [-0.1, -0.05) is 41.5 Å². The maximum atomic E-state index is 14.1. The predicted molar refractivity (Wildman–Crippen MR) is 285 cm³/mol. The maximum absolute atomic E-state index is 14.1. The molecule has 28 nitrogen and oxygen atoms in total. The van der Waals surface area contributed by atoms with Gasteiger partial charge < -0.3 is 81.4 Å². The number of nitrogens with one attached hydrogen (secondary N) is 8. The molecule has 0 aromatic rings. The molecule has 76 heavy (non-hydrogen) atoms. The summed E-state index contributed by atoms with van der Waals surface area (Å²) in [4.78, 5) is 161. The third kappa shape index (κ3) is 29.0. The Hall–Kier alpha value is -6.43. The lowest BCUT2D eigenvalue weighted by Gasteiger charge is -2.28. The van der Waals surface area contributed by atoms with Gasteiger partial charge in [-0.2, -0.15) is 23.5 Å². The van der Waals surface area contributed by atoms with Crippen molar-refractivity contribution in [3.05, 3.63) is 0 Å². The van der Waals surface area contributed by atoms with E-state index in [1.54, 1.807) is 40.2 Å². The average Bonchev–Trinajstić information content (AvgIpc) is 3.31. The van der Waals surface area contributed by atoms with Gasteiger partial charge in [-0.05, 0) is 86.7 Å². The first-order chi connectivity index (χ1) is 35.4. The van der Waals surface area contributed by atoms with Crippen molar-refractivity contribution in [1.29, 1.82) is 0 Å². The smallest absolute Gasteiger partial charge is 0.326 e.